The average molecular weight is 835 g/mol. The summed E-state index contributed by atoms with van der Waals surface area (Å²) in [6, 6.07) is 0. The van der Waals surface area contributed by atoms with Crippen LogP contribution in [-0.2, 0) is 19.2 Å². The van der Waals surface area contributed by atoms with Gasteiger partial charge >= 0.3 is 11.9 Å². The Bertz CT molecular complexity index is 710. The standard InChI is InChI=1S/2C17H36S.C9H12O6.C3H10N2/c2*1-3-4-5-6-7-8-9-10-11-12-13-14-15-16-17-18-2;10-6(1-3-8(12)13)5-7(11)2-4-9(14)15;4-2-1-3-5/h2*3-17H2,1-2H3;1-5H2,(H,12,13)(H,14,15);1-5H2. The lowest BCUT2D eigenvalue weighted by molar-refractivity contribution is -0.139. The zero-order valence-electron chi connectivity index (χ0n) is 37.4. The first-order valence-corrected chi connectivity index (χ1v) is 25.8. The van der Waals surface area contributed by atoms with Crippen molar-refractivity contribution in [3.63, 3.8) is 0 Å². The molecule has 56 heavy (non-hydrogen) atoms. The predicted octanol–water partition coefficient (Wildman–Crippen LogP) is 13.2. The molecule has 6 N–H and O–H groups in total. The van der Waals surface area contributed by atoms with Crippen molar-refractivity contribution >= 4 is 47.0 Å². The summed E-state index contributed by atoms with van der Waals surface area (Å²) in [6.45, 7) is 6.02. The Morgan fingerprint density at radius 2 is 0.607 bits per heavy atom. The minimum absolute atomic E-state index is 0.186. The molecule has 0 saturated carbocycles. The summed E-state index contributed by atoms with van der Waals surface area (Å²) >= 11 is 3.97. The van der Waals surface area contributed by atoms with Crippen LogP contribution in [0.15, 0.2) is 0 Å². The summed E-state index contributed by atoms with van der Waals surface area (Å²) in [5, 5.41) is 16.5. The number of carbonyl (C=O) groups is 4. The van der Waals surface area contributed by atoms with Gasteiger partial charge in [0.05, 0.1) is 19.3 Å². The summed E-state index contributed by atoms with van der Waals surface area (Å²) in [6.07, 6.45) is 45.0. The molecule has 0 spiro atoms. The summed E-state index contributed by atoms with van der Waals surface area (Å²) in [5.74, 6) is -0.404. The Morgan fingerprint density at radius 3 is 0.786 bits per heavy atom. The van der Waals surface area contributed by atoms with Gasteiger partial charge in [-0.1, -0.05) is 181 Å². The molecule has 0 aliphatic heterocycles. The van der Waals surface area contributed by atoms with Crippen LogP contribution in [0.1, 0.15) is 232 Å². The molecule has 0 bridgehead atoms. The van der Waals surface area contributed by atoms with E-state index in [2.05, 4.69) is 26.4 Å². The van der Waals surface area contributed by atoms with Gasteiger partial charge in [-0.05, 0) is 56.4 Å². The number of ketones is 2. The van der Waals surface area contributed by atoms with Crippen molar-refractivity contribution in [3.8, 4) is 0 Å². The Kier molecular flexibility index (Phi) is 64.0. The van der Waals surface area contributed by atoms with Crippen molar-refractivity contribution in [1.29, 1.82) is 0 Å². The topological polar surface area (TPSA) is 161 Å². The van der Waals surface area contributed by atoms with E-state index in [1.54, 1.807) is 0 Å². The van der Waals surface area contributed by atoms with E-state index in [4.69, 9.17) is 21.7 Å². The van der Waals surface area contributed by atoms with Crippen LogP contribution >= 0.6 is 23.5 Å². The Labute approximate surface area is 355 Å². The summed E-state index contributed by atoms with van der Waals surface area (Å²) in [4.78, 5) is 42.1. The molecule has 336 valence electrons. The first-order valence-electron chi connectivity index (χ1n) is 23.0. The molecule has 0 heterocycles. The highest BCUT2D eigenvalue weighted by Crippen LogP contribution is 2.15. The smallest absolute Gasteiger partial charge is 0.303 e. The minimum atomic E-state index is -1.10. The Morgan fingerprint density at radius 1 is 0.375 bits per heavy atom. The van der Waals surface area contributed by atoms with Gasteiger partial charge in [0.2, 0.25) is 0 Å². The fourth-order valence-electron chi connectivity index (χ4n) is 5.89. The third kappa shape index (κ3) is 70.7. The van der Waals surface area contributed by atoms with Crippen LogP contribution in [0, 0.1) is 0 Å². The zero-order chi connectivity index (χ0) is 42.6. The number of hydrogen-bond donors (Lipinski definition) is 4. The number of carbonyl (C=O) groups excluding carboxylic acids is 2. The molecule has 0 aromatic rings. The van der Waals surface area contributed by atoms with Crippen LogP contribution in [0.3, 0.4) is 0 Å². The van der Waals surface area contributed by atoms with E-state index in [-0.39, 0.29) is 32.1 Å². The molecule has 0 amide bonds. The third-order valence-corrected chi connectivity index (χ3v) is 10.8. The van der Waals surface area contributed by atoms with Crippen molar-refractivity contribution in [2.75, 3.05) is 37.1 Å². The van der Waals surface area contributed by atoms with Crippen LogP contribution in [-0.4, -0.2) is 70.8 Å². The molecule has 0 aliphatic carbocycles. The van der Waals surface area contributed by atoms with Crippen molar-refractivity contribution in [1.82, 2.24) is 0 Å². The van der Waals surface area contributed by atoms with E-state index in [1.807, 2.05) is 23.5 Å². The molecule has 8 nitrogen and oxygen atoms in total. The van der Waals surface area contributed by atoms with Crippen LogP contribution in [0.5, 0.6) is 0 Å². The molecular formula is C46H94N2O6S2. The Hall–Kier alpha value is -1.10. The van der Waals surface area contributed by atoms with Crippen LogP contribution in [0.25, 0.3) is 0 Å². The van der Waals surface area contributed by atoms with E-state index >= 15 is 0 Å². The largest absolute Gasteiger partial charge is 0.481 e. The quantitative estimate of drug-likeness (QED) is 0.0345. The number of Topliss-reactive ketones (excluding diaryl/α,β-unsaturated/α-hetero) is 2. The highest BCUT2D eigenvalue weighted by atomic mass is 32.2. The Balaban J connectivity index is -0.000000342. The van der Waals surface area contributed by atoms with Crippen molar-refractivity contribution in [3.05, 3.63) is 0 Å². The van der Waals surface area contributed by atoms with E-state index < -0.39 is 23.5 Å². The molecule has 0 aliphatic rings. The molecule has 0 unspecified atom stereocenters. The van der Waals surface area contributed by atoms with Crippen LogP contribution in [0.2, 0.25) is 0 Å². The van der Waals surface area contributed by atoms with Crippen LogP contribution < -0.4 is 11.5 Å². The number of hydrogen-bond acceptors (Lipinski definition) is 8. The third-order valence-electron chi connectivity index (χ3n) is 9.44. The second-order valence-electron chi connectivity index (χ2n) is 15.2. The fourth-order valence-corrected chi connectivity index (χ4v) is 6.87. The molecular weight excluding hydrogens is 741 g/mol. The van der Waals surface area contributed by atoms with E-state index in [1.165, 1.54) is 191 Å². The number of rotatable bonds is 40. The lowest BCUT2D eigenvalue weighted by Crippen LogP contribution is -2.11. The van der Waals surface area contributed by atoms with Gasteiger partial charge < -0.3 is 21.7 Å². The predicted molar refractivity (Wildman–Crippen MR) is 248 cm³/mol. The van der Waals surface area contributed by atoms with Gasteiger partial charge in [-0.2, -0.15) is 23.5 Å². The highest BCUT2D eigenvalue weighted by molar-refractivity contribution is 7.98. The maximum atomic E-state index is 11.0. The monoisotopic (exact) mass is 835 g/mol. The maximum Gasteiger partial charge on any atom is 0.303 e. The van der Waals surface area contributed by atoms with Gasteiger partial charge in [0.25, 0.3) is 0 Å². The van der Waals surface area contributed by atoms with E-state index in [0.717, 1.165) is 19.5 Å². The number of carboxylic acids is 2. The highest BCUT2D eigenvalue weighted by Gasteiger charge is 2.12. The number of carboxylic acid groups (broad SMARTS) is 2. The fraction of sp³-hybridized carbons (Fsp3) is 0.913. The second kappa shape index (κ2) is 58.2. The molecule has 0 fully saturated rings. The van der Waals surface area contributed by atoms with Crippen molar-refractivity contribution in [2.45, 2.75) is 232 Å². The number of aliphatic carboxylic acids is 2. The molecule has 10 heteroatoms. The first-order chi connectivity index (χ1) is 27.2. The van der Waals surface area contributed by atoms with Crippen molar-refractivity contribution in [2.24, 2.45) is 11.5 Å². The summed E-state index contributed by atoms with van der Waals surface area (Å²) in [7, 11) is 0. The van der Waals surface area contributed by atoms with Gasteiger partial charge in [0.1, 0.15) is 11.6 Å². The van der Waals surface area contributed by atoms with Gasteiger partial charge in [-0.15, -0.1) is 0 Å². The van der Waals surface area contributed by atoms with Gasteiger partial charge in [-0.25, -0.2) is 0 Å². The summed E-state index contributed by atoms with van der Waals surface area (Å²) in [5.41, 5.74) is 10.1. The molecule has 0 radical (unpaired) electrons. The SMILES string of the molecule is CCCCCCCCCCCCCCCCSC.CCCCCCCCCCCCCCCCSC.NCCCN.O=C(O)CCC(=O)CC(=O)CCC(=O)O. The molecule has 0 saturated heterocycles. The number of thioether (sulfide) groups is 2. The van der Waals surface area contributed by atoms with Gasteiger partial charge in [0, 0.05) is 12.8 Å². The molecule has 0 aromatic carbocycles. The minimum Gasteiger partial charge on any atom is -0.481 e. The molecule has 0 atom stereocenters. The summed E-state index contributed by atoms with van der Waals surface area (Å²) < 4.78 is 0. The van der Waals surface area contributed by atoms with Crippen LogP contribution in [0.4, 0.5) is 0 Å². The maximum absolute atomic E-state index is 11.0. The molecule has 0 aromatic heterocycles. The van der Waals surface area contributed by atoms with Gasteiger partial charge in [-0.3, -0.25) is 19.2 Å². The van der Waals surface area contributed by atoms with Crippen molar-refractivity contribution < 1.29 is 29.4 Å². The lowest BCUT2D eigenvalue weighted by Gasteiger charge is -2.02. The van der Waals surface area contributed by atoms with E-state index in [9.17, 15) is 19.2 Å². The molecule has 0 rings (SSSR count). The zero-order valence-corrected chi connectivity index (χ0v) is 39.0. The normalized spacial score (nSPS) is 10.4. The first kappa shape index (κ1) is 61.6. The van der Waals surface area contributed by atoms with Gasteiger partial charge in [0.15, 0.2) is 0 Å². The lowest BCUT2D eigenvalue weighted by atomic mass is 10.0. The second-order valence-corrected chi connectivity index (χ2v) is 17.1. The average Bonchev–Trinajstić information content (AvgIpc) is 3.17. The number of nitrogens with two attached hydrogens (primary N) is 2. The van der Waals surface area contributed by atoms with E-state index in [0.29, 0.717) is 0 Å². The number of unbranched alkanes of at least 4 members (excludes halogenated alkanes) is 26.